The highest BCUT2D eigenvalue weighted by molar-refractivity contribution is 14.0. The van der Waals surface area contributed by atoms with Crippen molar-refractivity contribution in [1.82, 2.24) is 15.1 Å². The van der Waals surface area contributed by atoms with Gasteiger partial charge >= 0.3 is 0 Å². The van der Waals surface area contributed by atoms with Crippen LogP contribution in [-0.2, 0) is 13.1 Å². The molecular formula is C24H36IN5O. The first-order valence-corrected chi connectivity index (χ1v) is 10.9. The van der Waals surface area contributed by atoms with E-state index in [0.29, 0.717) is 12.3 Å². The molecule has 0 aromatic heterocycles. The monoisotopic (exact) mass is 537 g/mol. The minimum atomic E-state index is 0. The number of nitrogens with one attached hydrogen (secondary N) is 1. The molecule has 0 saturated carbocycles. The Hall–Kier alpha value is -2.00. The maximum absolute atomic E-state index is 10.1. The average molecular weight is 537 g/mol. The van der Waals surface area contributed by atoms with Crippen molar-refractivity contribution in [2.75, 3.05) is 51.2 Å². The molecule has 0 spiro atoms. The maximum Gasteiger partial charge on any atom is 0.194 e. The lowest BCUT2D eigenvalue weighted by Crippen LogP contribution is -2.52. The first-order chi connectivity index (χ1) is 14.6. The Bertz CT molecular complexity index is 836. The normalized spacial score (nSPS) is 14.5. The number of phenolic OH excluding ortho intramolecular Hbond substituents is 1. The van der Waals surface area contributed by atoms with Gasteiger partial charge in [0.05, 0.1) is 12.2 Å². The van der Waals surface area contributed by atoms with Crippen LogP contribution in [0.1, 0.15) is 25.0 Å². The van der Waals surface area contributed by atoms with Crippen molar-refractivity contribution in [3.63, 3.8) is 0 Å². The third-order valence-corrected chi connectivity index (χ3v) is 5.53. The number of piperazine rings is 1. The molecule has 2 N–H and O–H groups in total. The molecule has 1 saturated heterocycles. The third-order valence-electron chi connectivity index (χ3n) is 5.53. The molecule has 3 rings (SSSR count). The summed E-state index contributed by atoms with van der Waals surface area (Å²) in [5.74, 6) is 1.31. The Morgan fingerprint density at radius 2 is 1.74 bits per heavy atom. The van der Waals surface area contributed by atoms with Crippen molar-refractivity contribution in [2.24, 2.45) is 4.99 Å². The number of hydrogen-bond donors (Lipinski definition) is 2. The van der Waals surface area contributed by atoms with E-state index in [9.17, 15) is 5.11 Å². The fraction of sp³-hybridized carbons (Fsp3) is 0.458. The van der Waals surface area contributed by atoms with Gasteiger partial charge < -0.3 is 25.1 Å². The molecule has 0 amide bonds. The van der Waals surface area contributed by atoms with Crippen molar-refractivity contribution in [3.05, 3.63) is 59.7 Å². The molecule has 1 fully saturated rings. The highest BCUT2D eigenvalue weighted by atomic mass is 127. The number of aliphatic imine (C=N–C) groups is 1. The quantitative estimate of drug-likeness (QED) is 0.320. The number of phenols is 1. The van der Waals surface area contributed by atoms with Gasteiger partial charge in [0.15, 0.2) is 5.96 Å². The van der Waals surface area contributed by atoms with Gasteiger partial charge in [-0.15, -0.1) is 24.0 Å². The van der Waals surface area contributed by atoms with E-state index in [1.165, 1.54) is 11.1 Å². The fourth-order valence-electron chi connectivity index (χ4n) is 3.73. The molecule has 6 nitrogen and oxygen atoms in total. The molecule has 2 aromatic rings. The molecule has 1 aliphatic heterocycles. The number of para-hydroxylation sites is 2. The highest BCUT2D eigenvalue weighted by Crippen LogP contribution is 2.27. The zero-order chi connectivity index (χ0) is 21.3. The molecule has 31 heavy (non-hydrogen) atoms. The second-order valence-corrected chi connectivity index (χ2v) is 7.78. The number of rotatable bonds is 7. The summed E-state index contributed by atoms with van der Waals surface area (Å²) in [6.07, 6.45) is 0. The highest BCUT2D eigenvalue weighted by Gasteiger charge is 2.21. The van der Waals surface area contributed by atoms with Crippen molar-refractivity contribution in [3.8, 4) is 5.75 Å². The van der Waals surface area contributed by atoms with Crippen LogP contribution in [0.25, 0.3) is 0 Å². The number of aromatic hydroxyl groups is 1. The van der Waals surface area contributed by atoms with Crippen LogP contribution in [0.3, 0.4) is 0 Å². The average Bonchev–Trinajstić information content (AvgIpc) is 2.77. The summed E-state index contributed by atoms with van der Waals surface area (Å²) in [7, 11) is 2.14. The van der Waals surface area contributed by atoms with Crippen molar-refractivity contribution < 1.29 is 5.11 Å². The van der Waals surface area contributed by atoms with Gasteiger partial charge in [-0.25, -0.2) is 4.99 Å². The van der Waals surface area contributed by atoms with E-state index >= 15 is 0 Å². The van der Waals surface area contributed by atoms with E-state index in [0.717, 1.165) is 57.5 Å². The molecule has 2 aromatic carbocycles. The second kappa shape index (κ2) is 12.8. The largest absolute Gasteiger partial charge is 0.506 e. The number of hydrogen-bond acceptors (Lipinski definition) is 4. The predicted octanol–water partition coefficient (Wildman–Crippen LogP) is 3.75. The van der Waals surface area contributed by atoms with Gasteiger partial charge in [0.1, 0.15) is 5.75 Å². The lowest BCUT2D eigenvalue weighted by Gasteiger charge is -2.37. The number of anilines is 1. The smallest absolute Gasteiger partial charge is 0.194 e. The van der Waals surface area contributed by atoms with E-state index in [1.54, 1.807) is 6.07 Å². The van der Waals surface area contributed by atoms with Gasteiger partial charge in [0, 0.05) is 39.3 Å². The van der Waals surface area contributed by atoms with Crippen LogP contribution in [0, 0.1) is 0 Å². The maximum atomic E-state index is 10.1. The molecule has 0 bridgehead atoms. The summed E-state index contributed by atoms with van der Waals surface area (Å²) in [5.41, 5.74) is 3.47. The molecule has 1 heterocycles. The third kappa shape index (κ3) is 7.28. The summed E-state index contributed by atoms with van der Waals surface area (Å²) >= 11 is 0. The van der Waals surface area contributed by atoms with E-state index < -0.39 is 0 Å². The van der Waals surface area contributed by atoms with Gasteiger partial charge in [-0.2, -0.15) is 0 Å². The van der Waals surface area contributed by atoms with Crippen molar-refractivity contribution in [1.29, 1.82) is 0 Å². The number of halogens is 1. The Labute approximate surface area is 204 Å². The van der Waals surface area contributed by atoms with Crippen LogP contribution in [0.2, 0.25) is 0 Å². The lowest BCUT2D eigenvalue weighted by atomic mass is 10.1. The molecule has 0 radical (unpaired) electrons. The zero-order valence-electron chi connectivity index (χ0n) is 18.9. The number of guanidine groups is 1. The Morgan fingerprint density at radius 1 is 1.03 bits per heavy atom. The summed E-state index contributed by atoms with van der Waals surface area (Å²) in [6, 6.07) is 16.3. The molecule has 1 aliphatic rings. The number of benzene rings is 2. The minimum absolute atomic E-state index is 0. The molecule has 170 valence electrons. The van der Waals surface area contributed by atoms with Gasteiger partial charge in [0.25, 0.3) is 0 Å². The van der Waals surface area contributed by atoms with E-state index in [1.807, 2.05) is 18.2 Å². The molecule has 0 atom stereocenters. The SMILES string of the molecule is CCNC(=NCc1cccc(CN(C)CC)c1)N1CCN(c2ccccc2O)CC1.I. The van der Waals surface area contributed by atoms with E-state index in [2.05, 4.69) is 65.2 Å². The topological polar surface area (TPSA) is 54.3 Å². The van der Waals surface area contributed by atoms with Crippen LogP contribution >= 0.6 is 24.0 Å². The first-order valence-electron chi connectivity index (χ1n) is 10.9. The number of nitrogens with zero attached hydrogens (tertiary/aromatic N) is 4. The van der Waals surface area contributed by atoms with Gasteiger partial charge in [0.2, 0.25) is 0 Å². The van der Waals surface area contributed by atoms with E-state index in [4.69, 9.17) is 4.99 Å². The standard InChI is InChI=1S/C24H35N5O.HI/c1-4-25-24(26-18-20-9-8-10-21(17-20)19-27(3)5-2)29-15-13-28(14-16-29)22-11-6-7-12-23(22)30;/h6-12,17,30H,4-5,13-16,18-19H2,1-3H3,(H,25,26);1H. The summed E-state index contributed by atoms with van der Waals surface area (Å²) in [6.45, 7) is 11.3. The van der Waals surface area contributed by atoms with Crippen molar-refractivity contribution >= 4 is 35.6 Å². The predicted molar refractivity (Wildman–Crippen MR) is 141 cm³/mol. The fourth-order valence-corrected chi connectivity index (χ4v) is 3.73. The van der Waals surface area contributed by atoms with Gasteiger partial charge in [-0.3, -0.25) is 0 Å². The Morgan fingerprint density at radius 3 is 2.42 bits per heavy atom. The van der Waals surface area contributed by atoms with E-state index in [-0.39, 0.29) is 24.0 Å². The summed E-state index contributed by atoms with van der Waals surface area (Å²) in [4.78, 5) is 11.8. The molecular weight excluding hydrogens is 501 g/mol. The van der Waals surface area contributed by atoms with Crippen LogP contribution in [0.4, 0.5) is 5.69 Å². The zero-order valence-corrected chi connectivity index (χ0v) is 21.3. The second-order valence-electron chi connectivity index (χ2n) is 7.78. The van der Waals surface area contributed by atoms with Crippen LogP contribution in [0.15, 0.2) is 53.5 Å². The van der Waals surface area contributed by atoms with Crippen LogP contribution < -0.4 is 10.2 Å². The molecule has 0 aliphatic carbocycles. The summed E-state index contributed by atoms with van der Waals surface area (Å²) < 4.78 is 0. The van der Waals surface area contributed by atoms with Crippen LogP contribution in [0.5, 0.6) is 5.75 Å². The van der Waals surface area contributed by atoms with Crippen molar-refractivity contribution in [2.45, 2.75) is 26.9 Å². The first kappa shape index (κ1) is 25.3. The Balaban J connectivity index is 0.00000341. The minimum Gasteiger partial charge on any atom is -0.506 e. The molecule has 0 unspecified atom stereocenters. The van der Waals surface area contributed by atoms with Gasteiger partial charge in [-0.05, 0) is 43.8 Å². The molecule has 7 heteroatoms. The Kier molecular flexibility index (Phi) is 10.4. The van der Waals surface area contributed by atoms with Crippen LogP contribution in [-0.4, -0.2) is 67.2 Å². The lowest BCUT2D eigenvalue weighted by molar-refractivity contribution is 0.345. The van der Waals surface area contributed by atoms with Gasteiger partial charge in [-0.1, -0.05) is 43.3 Å². The summed E-state index contributed by atoms with van der Waals surface area (Å²) in [5, 5.41) is 13.6.